The summed E-state index contributed by atoms with van der Waals surface area (Å²) in [5, 5.41) is 10.5. The van der Waals surface area contributed by atoms with E-state index >= 15 is 0 Å². The second kappa shape index (κ2) is 4.05. The van der Waals surface area contributed by atoms with E-state index in [-0.39, 0.29) is 6.04 Å². The third-order valence-corrected chi connectivity index (χ3v) is 2.91. The summed E-state index contributed by atoms with van der Waals surface area (Å²) in [6, 6.07) is 3.33. The maximum Gasteiger partial charge on any atom is 0.109 e. The van der Waals surface area contributed by atoms with Crippen molar-refractivity contribution in [3.05, 3.63) is 29.0 Å². The van der Waals surface area contributed by atoms with Crippen molar-refractivity contribution < 1.29 is 5.11 Å². The summed E-state index contributed by atoms with van der Waals surface area (Å²) in [7, 11) is 1.86. The Bertz CT molecular complexity index is 521. The van der Waals surface area contributed by atoms with Crippen LogP contribution in [0.2, 0.25) is 5.02 Å². The topological polar surface area (TPSA) is 64.1 Å². The van der Waals surface area contributed by atoms with Crippen molar-refractivity contribution in [3.8, 4) is 0 Å². The van der Waals surface area contributed by atoms with Crippen molar-refractivity contribution >= 4 is 22.6 Å². The van der Waals surface area contributed by atoms with Crippen molar-refractivity contribution in [1.29, 1.82) is 0 Å². The molecule has 2 aromatic heterocycles. The Morgan fingerprint density at radius 3 is 2.81 bits per heavy atom. The van der Waals surface area contributed by atoms with E-state index in [1.54, 1.807) is 13.1 Å². The molecule has 3 N–H and O–H groups in total. The number of nitrogens with two attached hydrogens (primary N) is 1. The van der Waals surface area contributed by atoms with Crippen molar-refractivity contribution in [3.63, 3.8) is 0 Å². The molecule has 16 heavy (non-hydrogen) atoms. The molecule has 2 rings (SSSR count). The molecule has 0 bridgehead atoms. The van der Waals surface area contributed by atoms with E-state index in [4.69, 9.17) is 17.3 Å². The fourth-order valence-electron chi connectivity index (χ4n) is 1.75. The van der Waals surface area contributed by atoms with Crippen LogP contribution in [0.15, 0.2) is 18.3 Å². The van der Waals surface area contributed by atoms with Gasteiger partial charge < -0.3 is 15.4 Å². The van der Waals surface area contributed by atoms with Gasteiger partial charge in [0.2, 0.25) is 0 Å². The van der Waals surface area contributed by atoms with Crippen LogP contribution in [-0.4, -0.2) is 20.7 Å². The van der Waals surface area contributed by atoms with Gasteiger partial charge in [-0.3, -0.25) is 4.98 Å². The zero-order chi connectivity index (χ0) is 11.9. The van der Waals surface area contributed by atoms with E-state index in [1.165, 1.54) is 0 Å². The number of aryl methyl sites for hydroxylation is 1. The third kappa shape index (κ3) is 1.80. The summed E-state index contributed by atoms with van der Waals surface area (Å²) in [5.41, 5.74) is 8.13. The lowest BCUT2D eigenvalue weighted by Crippen LogP contribution is -2.25. The molecule has 0 saturated heterocycles. The van der Waals surface area contributed by atoms with Gasteiger partial charge in [-0.1, -0.05) is 11.6 Å². The molecular formula is C11H14ClN3O. The van der Waals surface area contributed by atoms with Gasteiger partial charge in [0.25, 0.3) is 0 Å². The maximum atomic E-state index is 9.94. The van der Waals surface area contributed by atoms with Gasteiger partial charge in [0, 0.05) is 19.3 Å². The highest BCUT2D eigenvalue weighted by Crippen LogP contribution is 2.25. The Morgan fingerprint density at radius 1 is 1.50 bits per heavy atom. The second-order valence-corrected chi connectivity index (χ2v) is 4.43. The van der Waals surface area contributed by atoms with Gasteiger partial charge in [0.15, 0.2) is 0 Å². The highest BCUT2D eigenvalue weighted by atomic mass is 35.5. The third-order valence-electron chi connectivity index (χ3n) is 2.70. The van der Waals surface area contributed by atoms with E-state index in [1.807, 2.05) is 23.7 Å². The predicted molar refractivity (Wildman–Crippen MR) is 64.3 cm³/mol. The molecule has 0 aliphatic rings. The van der Waals surface area contributed by atoms with E-state index in [0.29, 0.717) is 5.02 Å². The summed E-state index contributed by atoms with van der Waals surface area (Å²) >= 11 is 5.88. The summed E-state index contributed by atoms with van der Waals surface area (Å²) in [5.74, 6) is 0. The first-order valence-electron chi connectivity index (χ1n) is 5.05. The van der Waals surface area contributed by atoms with Crippen LogP contribution in [0.25, 0.3) is 11.0 Å². The van der Waals surface area contributed by atoms with Gasteiger partial charge in [0.1, 0.15) is 6.10 Å². The lowest BCUT2D eigenvalue weighted by atomic mass is 10.1. The fourth-order valence-corrected chi connectivity index (χ4v) is 1.90. The van der Waals surface area contributed by atoms with Crippen LogP contribution < -0.4 is 5.73 Å². The summed E-state index contributed by atoms with van der Waals surface area (Å²) in [6.07, 6.45) is 0.893. The molecule has 2 unspecified atom stereocenters. The lowest BCUT2D eigenvalue weighted by Gasteiger charge is -2.15. The molecule has 0 amide bonds. The van der Waals surface area contributed by atoms with Crippen LogP contribution in [0.4, 0.5) is 0 Å². The summed E-state index contributed by atoms with van der Waals surface area (Å²) in [4.78, 5) is 4.20. The number of aromatic nitrogens is 2. The minimum atomic E-state index is -0.696. The molecule has 0 aliphatic heterocycles. The van der Waals surface area contributed by atoms with E-state index in [9.17, 15) is 5.11 Å². The van der Waals surface area contributed by atoms with Crippen molar-refractivity contribution in [1.82, 2.24) is 9.55 Å². The minimum absolute atomic E-state index is 0.321. The SMILES string of the molecule is CC(N)C(O)c1cc2ncc(Cl)cc2n1C. The van der Waals surface area contributed by atoms with Crippen molar-refractivity contribution in [2.45, 2.75) is 19.1 Å². The minimum Gasteiger partial charge on any atom is -0.385 e. The maximum absolute atomic E-state index is 9.94. The number of aliphatic hydroxyl groups is 1. The Balaban J connectivity index is 2.60. The Kier molecular flexibility index (Phi) is 2.88. The van der Waals surface area contributed by atoms with Gasteiger partial charge in [-0.15, -0.1) is 0 Å². The van der Waals surface area contributed by atoms with Gasteiger partial charge in [-0.05, 0) is 19.1 Å². The van der Waals surface area contributed by atoms with Crippen LogP contribution in [0.5, 0.6) is 0 Å². The Hall–Kier alpha value is -1.10. The molecule has 2 aromatic rings. The number of hydrogen-bond acceptors (Lipinski definition) is 3. The van der Waals surface area contributed by atoms with Crippen molar-refractivity contribution in [2.24, 2.45) is 12.8 Å². The highest BCUT2D eigenvalue weighted by Gasteiger charge is 2.18. The van der Waals surface area contributed by atoms with Crippen LogP contribution in [0.3, 0.4) is 0 Å². The molecule has 0 aromatic carbocycles. The second-order valence-electron chi connectivity index (χ2n) is 3.99. The van der Waals surface area contributed by atoms with Gasteiger partial charge in [-0.2, -0.15) is 0 Å². The van der Waals surface area contributed by atoms with E-state index < -0.39 is 6.10 Å². The molecule has 0 aliphatic carbocycles. The number of nitrogens with zero attached hydrogens (tertiary/aromatic N) is 2. The molecule has 86 valence electrons. The first-order valence-corrected chi connectivity index (χ1v) is 5.43. The first kappa shape index (κ1) is 11.4. The molecule has 5 heteroatoms. The van der Waals surface area contributed by atoms with Gasteiger partial charge in [0.05, 0.1) is 21.7 Å². The lowest BCUT2D eigenvalue weighted by molar-refractivity contribution is 0.146. The zero-order valence-corrected chi connectivity index (χ0v) is 9.94. The zero-order valence-electron chi connectivity index (χ0n) is 9.18. The van der Waals surface area contributed by atoms with Crippen LogP contribution in [0, 0.1) is 0 Å². The van der Waals surface area contributed by atoms with Crippen LogP contribution in [-0.2, 0) is 7.05 Å². The molecule has 2 atom stereocenters. The quantitative estimate of drug-likeness (QED) is 0.837. The Morgan fingerprint density at radius 2 is 2.19 bits per heavy atom. The Labute approximate surface area is 98.6 Å². The monoisotopic (exact) mass is 239 g/mol. The first-order chi connectivity index (χ1) is 7.50. The van der Waals surface area contributed by atoms with Gasteiger partial charge in [-0.25, -0.2) is 0 Å². The average Bonchev–Trinajstić information content (AvgIpc) is 2.55. The molecule has 0 saturated carbocycles. The van der Waals surface area contributed by atoms with Gasteiger partial charge >= 0.3 is 0 Å². The van der Waals surface area contributed by atoms with E-state index in [2.05, 4.69) is 4.98 Å². The fraction of sp³-hybridized carbons (Fsp3) is 0.364. The summed E-state index contributed by atoms with van der Waals surface area (Å²) in [6.45, 7) is 1.77. The number of fused-ring (bicyclic) bond motifs is 1. The largest absolute Gasteiger partial charge is 0.385 e. The predicted octanol–water partition coefficient (Wildman–Crippen LogP) is 1.61. The molecule has 0 fully saturated rings. The molecule has 2 heterocycles. The molecular weight excluding hydrogens is 226 g/mol. The number of halogens is 1. The molecule has 0 spiro atoms. The van der Waals surface area contributed by atoms with Crippen molar-refractivity contribution in [2.75, 3.05) is 0 Å². The van der Waals surface area contributed by atoms with E-state index in [0.717, 1.165) is 16.7 Å². The smallest absolute Gasteiger partial charge is 0.109 e. The number of aliphatic hydroxyl groups excluding tert-OH is 1. The molecule has 0 radical (unpaired) electrons. The standard InChI is InChI=1S/C11H14ClN3O/c1-6(13)11(16)10-4-8-9(15(10)2)3-7(12)5-14-8/h3-6,11,16H,13H2,1-2H3. The number of rotatable bonds is 2. The molecule has 4 nitrogen and oxygen atoms in total. The normalized spacial score (nSPS) is 15.3. The highest BCUT2D eigenvalue weighted by molar-refractivity contribution is 6.31. The number of pyridine rings is 1. The van der Waals surface area contributed by atoms with Crippen LogP contribution >= 0.6 is 11.6 Å². The average molecular weight is 240 g/mol. The summed E-state index contributed by atoms with van der Waals surface area (Å²) < 4.78 is 1.86. The number of hydrogen-bond donors (Lipinski definition) is 2. The van der Waals surface area contributed by atoms with Crippen LogP contribution in [0.1, 0.15) is 18.7 Å².